The van der Waals surface area contributed by atoms with Crippen LogP contribution in [0.2, 0.25) is 5.02 Å². The Hall–Kier alpha value is -1.91. The molecule has 0 aromatic heterocycles. The second-order valence-electron chi connectivity index (χ2n) is 4.96. The van der Waals surface area contributed by atoms with Gasteiger partial charge in [0.2, 0.25) is 5.91 Å². The molecule has 1 amide bonds. The van der Waals surface area contributed by atoms with Gasteiger partial charge in [-0.25, -0.2) is 4.39 Å². The van der Waals surface area contributed by atoms with E-state index in [1.54, 1.807) is 12.1 Å². The van der Waals surface area contributed by atoms with Crippen molar-refractivity contribution in [3.63, 3.8) is 0 Å². The third kappa shape index (κ3) is 5.84. The fraction of sp³-hybridized carbons (Fsp3) is 0.235. The van der Waals surface area contributed by atoms with Gasteiger partial charge in [0.25, 0.3) is 0 Å². The molecule has 0 fully saturated rings. The molecule has 2 aromatic carbocycles. The van der Waals surface area contributed by atoms with Crippen LogP contribution in [0.3, 0.4) is 0 Å². The average molecular weight is 321 g/mol. The minimum absolute atomic E-state index is 0.0829. The molecule has 0 atom stereocenters. The fourth-order valence-electron chi connectivity index (χ4n) is 1.95. The van der Waals surface area contributed by atoms with Crippen LogP contribution >= 0.6 is 11.6 Å². The summed E-state index contributed by atoms with van der Waals surface area (Å²) < 4.78 is 12.7. The number of amides is 1. The lowest BCUT2D eigenvalue weighted by molar-refractivity contribution is -0.120. The monoisotopic (exact) mass is 320 g/mol. The van der Waals surface area contributed by atoms with Crippen molar-refractivity contribution in [2.24, 2.45) is 0 Å². The van der Waals surface area contributed by atoms with Crippen LogP contribution in [0.25, 0.3) is 0 Å². The number of benzene rings is 2. The number of nitrogens with one attached hydrogen (secondary N) is 2. The van der Waals surface area contributed by atoms with Gasteiger partial charge in [-0.1, -0.05) is 35.9 Å². The standard InChI is InChI=1S/C17H18ClFN2O/c18-15-5-1-13(2-6-15)9-10-20-12-17(22)21-11-14-3-7-16(19)8-4-14/h1-8,20H,9-12H2,(H,21,22). The molecule has 2 aromatic rings. The number of hydrogen-bond donors (Lipinski definition) is 2. The van der Waals surface area contributed by atoms with E-state index in [4.69, 9.17) is 11.6 Å². The molecule has 0 saturated carbocycles. The summed E-state index contributed by atoms with van der Waals surface area (Å²) in [6, 6.07) is 13.7. The number of rotatable bonds is 7. The first-order valence-corrected chi connectivity index (χ1v) is 7.47. The van der Waals surface area contributed by atoms with Gasteiger partial charge < -0.3 is 10.6 Å². The highest BCUT2D eigenvalue weighted by Crippen LogP contribution is 2.09. The molecule has 0 aliphatic rings. The van der Waals surface area contributed by atoms with Crippen molar-refractivity contribution in [1.29, 1.82) is 0 Å². The van der Waals surface area contributed by atoms with Gasteiger partial charge >= 0.3 is 0 Å². The summed E-state index contributed by atoms with van der Waals surface area (Å²) in [4.78, 5) is 11.7. The van der Waals surface area contributed by atoms with E-state index in [2.05, 4.69) is 10.6 Å². The van der Waals surface area contributed by atoms with E-state index >= 15 is 0 Å². The lowest BCUT2D eigenvalue weighted by Gasteiger charge is -2.07. The third-order valence-corrected chi connectivity index (χ3v) is 3.44. The molecule has 0 heterocycles. The van der Waals surface area contributed by atoms with Crippen LogP contribution in [0.5, 0.6) is 0 Å². The topological polar surface area (TPSA) is 41.1 Å². The summed E-state index contributed by atoms with van der Waals surface area (Å²) in [7, 11) is 0. The van der Waals surface area contributed by atoms with Crippen LogP contribution in [0.4, 0.5) is 4.39 Å². The molecule has 0 unspecified atom stereocenters. The SMILES string of the molecule is O=C(CNCCc1ccc(Cl)cc1)NCc1ccc(F)cc1. The van der Waals surface area contributed by atoms with Crippen molar-refractivity contribution >= 4 is 17.5 Å². The van der Waals surface area contributed by atoms with E-state index < -0.39 is 0 Å². The number of carbonyl (C=O) groups excluding carboxylic acids is 1. The van der Waals surface area contributed by atoms with E-state index in [0.717, 1.165) is 17.0 Å². The molecule has 22 heavy (non-hydrogen) atoms. The fourth-order valence-corrected chi connectivity index (χ4v) is 2.08. The molecule has 2 rings (SSSR count). The van der Waals surface area contributed by atoms with Crippen LogP contribution in [0.15, 0.2) is 48.5 Å². The molecular formula is C17H18ClFN2O. The van der Waals surface area contributed by atoms with Crippen LogP contribution in [-0.2, 0) is 17.8 Å². The van der Waals surface area contributed by atoms with Crippen molar-refractivity contribution < 1.29 is 9.18 Å². The van der Waals surface area contributed by atoms with Crippen molar-refractivity contribution in [1.82, 2.24) is 10.6 Å². The first-order valence-electron chi connectivity index (χ1n) is 7.10. The van der Waals surface area contributed by atoms with Crippen molar-refractivity contribution in [2.75, 3.05) is 13.1 Å². The van der Waals surface area contributed by atoms with Crippen LogP contribution in [0.1, 0.15) is 11.1 Å². The Balaban J connectivity index is 1.61. The molecule has 0 spiro atoms. The van der Waals surface area contributed by atoms with Gasteiger partial charge in [-0.15, -0.1) is 0 Å². The highest BCUT2D eigenvalue weighted by atomic mass is 35.5. The van der Waals surface area contributed by atoms with Gasteiger partial charge in [-0.05, 0) is 48.4 Å². The molecule has 2 N–H and O–H groups in total. The summed E-state index contributed by atoms with van der Waals surface area (Å²) in [5, 5.41) is 6.59. The minimum atomic E-state index is -0.279. The summed E-state index contributed by atoms with van der Waals surface area (Å²) in [5.74, 6) is -0.362. The van der Waals surface area contributed by atoms with Gasteiger partial charge in [0.05, 0.1) is 6.54 Å². The predicted octanol–water partition coefficient (Wildman–Crippen LogP) is 2.93. The molecule has 0 saturated heterocycles. The molecule has 3 nitrogen and oxygen atoms in total. The Bertz CT molecular complexity index is 599. The Morgan fingerprint density at radius 1 is 1.00 bits per heavy atom. The quantitative estimate of drug-likeness (QED) is 0.770. The summed E-state index contributed by atoms with van der Waals surface area (Å²) in [6.07, 6.45) is 0.836. The van der Waals surface area contributed by atoms with Gasteiger partial charge in [-0.2, -0.15) is 0 Å². The number of carbonyl (C=O) groups is 1. The molecular weight excluding hydrogens is 303 g/mol. The van der Waals surface area contributed by atoms with Crippen molar-refractivity contribution in [3.05, 3.63) is 70.5 Å². The molecule has 116 valence electrons. The largest absolute Gasteiger partial charge is 0.351 e. The Morgan fingerprint density at radius 2 is 1.64 bits per heavy atom. The molecule has 5 heteroatoms. The van der Waals surface area contributed by atoms with Crippen LogP contribution < -0.4 is 10.6 Å². The first kappa shape index (κ1) is 16.5. The highest BCUT2D eigenvalue weighted by molar-refractivity contribution is 6.30. The number of halogens is 2. The van der Waals surface area contributed by atoms with Crippen molar-refractivity contribution in [3.8, 4) is 0 Å². The smallest absolute Gasteiger partial charge is 0.234 e. The Morgan fingerprint density at radius 3 is 2.32 bits per heavy atom. The van der Waals surface area contributed by atoms with Gasteiger partial charge in [0.1, 0.15) is 5.82 Å². The second kappa shape index (κ2) is 8.51. The molecule has 0 aliphatic carbocycles. The van der Waals surface area contributed by atoms with E-state index in [1.807, 2.05) is 24.3 Å². The van der Waals surface area contributed by atoms with Gasteiger partial charge in [0, 0.05) is 11.6 Å². The van der Waals surface area contributed by atoms with Crippen LogP contribution in [0, 0.1) is 5.82 Å². The average Bonchev–Trinajstić information content (AvgIpc) is 2.53. The van der Waals surface area contributed by atoms with E-state index in [9.17, 15) is 9.18 Å². The van der Waals surface area contributed by atoms with Crippen molar-refractivity contribution in [2.45, 2.75) is 13.0 Å². The van der Waals surface area contributed by atoms with E-state index in [0.29, 0.717) is 13.1 Å². The number of hydrogen-bond acceptors (Lipinski definition) is 2. The summed E-state index contributed by atoms with van der Waals surface area (Å²) in [6.45, 7) is 1.37. The molecule has 0 aliphatic heterocycles. The summed E-state index contributed by atoms with van der Waals surface area (Å²) >= 11 is 5.82. The predicted molar refractivity (Wildman–Crippen MR) is 86.3 cm³/mol. The molecule has 0 bridgehead atoms. The zero-order valence-electron chi connectivity index (χ0n) is 12.1. The lowest BCUT2D eigenvalue weighted by Crippen LogP contribution is -2.34. The van der Waals surface area contributed by atoms with E-state index in [1.165, 1.54) is 17.7 Å². The Kier molecular flexibility index (Phi) is 6.37. The third-order valence-electron chi connectivity index (χ3n) is 3.19. The maximum Gasteiger partial charge on any atom is 0.234 e. The normalized spacial score (nSPS) is 10.5. The summed E-state index contributed by atoms with van der Waals surface area (Å²) in [5.41, 5.74) is 2.04. The zero-order valence-corrected chi connectivity index (χ0v) is 12.9. The van der Waals surface area contributed by atoms with E-state index in [-0.39, 0.29) is 18.3 Å². The maximum absolute atomic E-state index is 12.7. The Labute approximate surface area is 134 Å². The zero-order chi connectivity index (χ0) is 15.8. The minimum Gasteiger partial charge on any atom is -0.351 e. The first-order chi connectivity index (χ1) is 10.6. The lowest BCUT2D eigenvalue weighted by atomic mass is 10.1. The maximum atomic E-state index is 12.7. The highest BCUT2D eigenvalue weighted by Gasteiger charge is 2.01. The van der Waals surface area contributed by atoms with Crippen LogP contribution in [-0.4, -0.2) is 19.0 Å². The molecule has 0 radical (unpaired) electrons. The van der Waals surface area contributed by atoms with Gasteiger partial charge in [-0.3, -0.25) is 4.79 Å². The van der Waals surface area contributed by atoms with Gasteiger partial charge in [0.15, 0.2) is 0 Å². The second-order valence-corrected chi connectivity index (χ2v) is 5.39.